The van der Waals surface area contributed by atoms with Gasteiger partial charge >= 0.3 is 5.97 Å². The van der Waals surface area contributed by atoms with Crippen molar-refractivity contribution in [2.45, 2.75) is 20.5 Å². The maximum atomic E-state index is 11.8. The Bertz CT molecular complexity index is 451. The van der Waals surface area contributed by atoms with Crippen LogP contribution in [-0.2, 0) is 16.1 Å². The number of carboxylic acid groups (broad SMARTS) is 1. The van der Waals surface area contributed by atoms with E-state index in [0.717, 1.165) is 5.56 Å². The summed E-state index contributed by atoms with van der Waals surface area (Å²) in [6.45, 7) is 3.71. The standard InChI is InChI=1S/C14H19NO4/c1-14(2,13(17)18)9-15-12(16)11-6-4-10(5-7-11)8-19-3/h4-7H,8-9H2,1-3H3,(H,15,16)(H,17,18). The van der Waals surface area contributed by atoms with Crippen LogP contribution >= 0.6 is 0 Å². The lowest BCUT2D eigenvalue weighted by Crippen LogP contribution is -2.38. The maximum Gasteiger partial charge on any atom is 0.310 e. The molecule has 5 heteroatoms. The van der Waals surface area contributed by atoms with Crippen molar-refractivity contribution >= 4 is 11.9 Å². The second-order valence-corrected chi connectivity index (χ2v) is 5.00. The number of amides is 1. The lowest BCUT2D eigenvalue weighted by atomic mass is 9.94. The molecule has 19 heavy (non-hydrogen) atoms. The van der Waals surface area contributed by atoms with Crippen molar-refractivity contribution in [1.29, 1.82) is 0 Å². The fraction of sp³-hybridized carbons (Fsp3) is 0.429. The number of rotatable bonds is 6. The van der Waals surface area contributed by atoms with E-state index >= 15 is 0 Å². The van der Waals surface area contributed by atoms with Gasteiger partial charge in [-0.3, -0.25) is 9.59 Å². The summed E-state index contributed by atoms with van der Waals surface area (Å²) in [7, 11) is 1.61. The highest BCUT2D eigenvalue weighted by molar-refractivity contribution is 5.94. The average Bonchev–Trinajstić information content (AvgIpc) is 2.37. The number of hydrogen-bond acceptors (Lipinski definition) is 3. The van der Waals surface area contributed by atoms with Gasteiger partial charge < -0.3 is 15.2 Å². The minimum Gasteiger partial charge on any atom is -0.481 e. The number of carboxylic acids is 1. The first kappa shape index (κ1) is 15.2. The largest absolute Gasteiger partial charge is 0.481 e. The second kappa shape index (κ2) is 6.33. The molecule has 0 spiro atoms. The molecule has 0 unspecified atom stereocenters. The molecule has 1 rings (SSSR count). The van der Waals surface area contributed by atoms with Crippen LogP contribution < -0.4 is 5.32 Å². The van der Waals surface area contributed by atoms with Crippen LogP contribution in [0.15, 0.2) is 24.3 Å². The van der Waals surface area contributed by atoms with E-state index < -0.39 is 11.4 Å². The Kier molecular flexibility index (Phi) is 5.06. The minimum absolute atomic E-state index is 0.0843. The van der Waals surface area contributed by atoms with Crippen molar-refractivity contribution in [3.63, 3.8) is 0 Å². The summed E-state index contributed by atoms with van der Waals surface area (Å²) in [6.07, 6.45) is 0. The fourth-order valence-electron chi connectivity index (χ4n) is 1.40. The van der Waals surface area contributed by atoms with Gasteiger partial charge in [0.25, 0.3) is 5.91 Å². The van der Waals surface area contributed by atoms with Crippen molar-refractivity contribution in [1.82, 2.24) is 5.32 Å². The van der Waals surface area contributed by atoms with Gasteiger partial charge in [-0.05, 0) is 31.5 Å². The molecular formula is C14H19NO4. The third kappa shape index (κ3) is 4.37. The van der Waals surface area contributed by atoms with Crippen LogP contribution in [0.3, 0.4) is 0 Å². The lowest BCUT2D eigenvalue weighted by molar-refractivity contribution is -0.146. The number of methoxy groups -OCH3 is 1. The zero-order valence-electron chi connectivity index (χ0n) is 11.4. The molecule has 0 fully saturated rings. The molecule has 0 atom stereocenters. The minimum atomic E-state index is -0.981. The molecule has 0 aliphatic heterocycles. The Morgan fingerprint density at radius 2 is 1.84 bits per heavy atom. The molecule has 0 radical (unpaired) electrons. The van der Waals surface area contributed by atoms with E-state index in [1.165, 1.54) is 0 Å². The summed E-state index contributed by atoms with van der Waals surface area (Å²) in [5, 5.41) is 11.6. The van der Waals surface area contributed by atoms with Crippen LogP contribution in [0.1, 0.15) is 29.8 Å². The van der Waals surface area contributed by atoms with E-state index in [1.807, 2.05) is 0 Å². The van der Waals surface area contributed by atoms with E-state index in [-0.39, 0.29) is 12.5 Å². The highest BCUT2D eigenvalue weighted by Gasteiger charge is 2.27. The van der Waals surface area contributed by atoms with Gasteiger partial charge in [0, 0.05) is 19.2 Å². The van der Waals surface area contributed by atoms with Crippen molar-refractivity contribution in [2.75, 3.05) is 13.7 Å². The number of ether oxygens (including phenoxy) is 1. The molecule has 0 bridgehead atoms. The molecule has 0 aliphatic rings. The average molecular weight is 265 g/mol. The van der Waals surface area contributed by atoms with Gasteiger partial charge in [0.2, 0.25) is 0 Å². The predicted octanol–water partition coefficient (Wildman–Crippen LogP) is 1.67. The van der Waals surface area contributed by atoms with E-state index in [1.54, 1.807) is 45.2 Å². The van der Waals surface area contributed by atoms with Crippen molar-refractivity contribution < 1.29 is 19.4 Å². The number of benzene rings is 1. The number of carbonyl (C=O) groups is 2. The molecular weight excluding hydrogens is 246 g/mol. The molecule has 5 nitrogen and oxygen atoms in total. The first-order valence-corrected chi connectivity index (χ1v) is 5.96. The first-order valence-electron chi connectivity index (χ1n) is 5.96. The zero-order valence-corrected chi connectivity index (χ0v) is 11.4. The Morgan fingerprint density at radius 1 is 1.26 bits per heavy atom. The number of carbonyl (C=O) groups excluding carboxylic acids is 1. The molecule has 0 aliphatic carbocycles. The summed E-state index contributed by atoms with van der Waals surface area (Å²) >= 11 is 0. The topological polar surface area (TPSA) is 75.6 Å². The van der Waals surface area contributed by atoms with Gasteiger partial charge in [0.15, 0.2) is 0 Å². The maximum absolute atomic E-state index is 11.8. The number of aliphatic carboxylic acids is 1. The third-order valence-corrected chi connectivity index (χ3v) is 2.80. The Labute approximate surface area is 112 Å². The number of hydrogen-bond donors (Lipinski definition) is 2. The van der Waals surface area contributed by atoms with Crippen LogP contribution in [0.4, 0.5) is 0 Å². The van der Waals surface area contributed by atoms with Crippen molar-refractivity contribution in [3.05, 3.63) is 35.4 Å². The SMILES string of the molecule is COCc1ccc(C(=O)NCC(C)(C)C(=O)O)cc1. The second-order valence-electron chi connectivity index (χ2n) is 5.00. The monoisotopic (exact) mass is 265 g/mol. The van der Waals surface area contributed by atoms with Crippen LogP contribution in [0, 0.1) is 5.41 Å². The highest BCUT2D eigenvalue weighted by Crippen LogP contribution is 2.13. The predicted molar refractivity (Wildman–Crippen MR) is 70.9 cm³/mol. The first-order chi connectivity index (χ1) is 8.86. The van der Waals surface area contributed by atoms with E-state index in [0.29, 0.717) is 12.2 Å². The molecule has 0 heterocycles. The Morgan fingerprint density at radius 3 is 2.32 bits per heavy atom. The third-order valence-electron chi connectivity index (χ3n) is 2.80. The Balaban J connectivity index is 2.61. The molecule has 1 aromatic carbocycles. The van der Waals surface area contributed by atoms with Gasteiger partial charge in [-0.15, -0.1) is 0 Å². The van der Waals surface area contributed by atoms with E-state index in [2.05, 4.69) is 5.32 Å². The molecule has 104 valence electrons. The smallest absolute Gasteiger partial charge is 0.310 e. The van der Waals surface area contributed by atoms with Crippen LogP contribution in [-0.4, -0.2) is 30.6 Å². The number of nitrogens with one attached hydrogen (secondary N) is 1. The molecule has 1 amide bonds. The zero-order chi connectivity index (χ0) is 14.5. The quantitative estimate of drug-likeness (QED) is 0.820. The summed E-state index contributed by atoms with van der Waals surface area (Å²) < 4.78 is 4.98. The normalized spacial score (nSPS) is 11.1. The molecule has 0 saturated carbocycles. The molecule has 2 N–H and O–H groups in total. The fourth-order valence-corrected chi connectivity index (χ4v) is 1.40. The van der Waals surface area contributed by atoms with Gasteiger partial charge in [-0.2, -0.15) is 0 Å². The van der Waals surface area contributed by atoms with Crippen LogP contribution in [0.2, 0.25) is 0 Å². The lowest BCUT2D eigenvalue weighted by Gasteiger charge is -2.19. The van der Waals surface area contributed by atoms with Gasteiger partial charge in [-0.25, -0.2) is 0 Å². The van der Waals surface area contributed by atoms with Crippen LogP contribution in [0.25, 0.3) is 0 Å². The van der Waals surface area contributed by atoms with Crippen molar-refractivity contribution in [3.8, 4) is 0 Å². The van der Waals surface area contributed by atoms with E-state index in [9.17, 15) is 9.59 Å². The molecule has 0 aromatic heterocycles. The van der Waals surface area contributed by atoms with E-state index in [4.69, 9.17) is 9.84 Å². The summed E-state index contributed by atoms with van der Waals surface area (Å²) in [5.74, 6) is -1.22. The summed E-state index contributed by atoms with van der Waals surface area (Å²) in [4.78, 5) is 22.8. The highest BCUT2D eigenvalue weighted by atomic mass is 16.5. The van der Waals surface area contributed by atoms with Gasteiger partial charge in [-0.1, -0.05) is 12.1 Å². The van der Waals surface area contributed by atoms with Crippen LogP contribution in [0.5, 0.6) is 0 Å². The van der Waals surface area contributed by atoms with Crippen molar-refractivity contribution in [2.24, 2.45) is 5.41 Å². The molecule has 1 aromatic rings. The Hall–Kier alpha value is -1.88. The molecule has 0 saturated heterocycles. The van der Waals surface area contributed by atoms with Gasteiger partial charge in [0.05, 0.1) is 12.0 Å². The summed E-state index contributed by atoms with van der Waals surface area (Å²) in [5.41, 5.74) is 0.497. The van der Waals surface area contributed by atoms with Gasteiger partial charge in [0.1, 0.15) is 0 Å². The summed E-state index contributed by atoms with van der Waals surface area (Å²) in [6, 6.07) is 7.00.